The Morgan fingerprint density at radius 3 is 2.59 bits per heavy atom. The van der Waals surface area contributed by atoms with Crippen LogP contribution >= 0.6 is 0 Å². The van der Waals surface area contributed by atoms with Gasteiger partial charge in [0, 0.05) is 32.7 Å². The second-order valence-corrected chi connectivity index (χ2v) is 8.49. The van der Waals surface area contributed by atoms with Gasteiger partial charge in [0.25, 0.3) is 11.5 Å². The van der Waals surface area contributed by atoms with E-state index in [9.17, 15) is 9.59 Å². The molecule has 8 nitrogen and oxygen atoms in total. The average molecular weight is 439 g/mol. The molecule has 2 aromatic heterocycles. The molecule has 1 fully saturated rings. The Bertz CT molecular complexity index is 1170. The number of amides is 1. The molecule has 3 aromatic rings. The van der Waals surface area contributed by atoms with Gasteiger partial charge in [0.1, 0.15) is 23.2 Å². The molecule has 1 aliphatic rings. The molecule has 1 aliphatic heterocycles. The number of nitrogens with zero attached hydrogens (tertiary/aromatic N) is 4. The van der Waals surface area contributed by atoms with Gasteiger partial charge >= 0.3 is 0 Å². The number of piperazine rings is 1. The predicted molar refractivity (Wildman–Crippen MR) is 124 cm³/mol. The van der Waals surface area contributed by atoms with Crippen molar-refractivity contribution in [2.75, 3.05) is 37.7 Å². The van der Waals surface area contributed by atoms with Crippen LogP contribution in [0.4, 0.5) is 5.69 Å². The number of ether oxygens (including phenoxy) is 1. The lowest BCUT2D eigenvalue weighted by Gasteiger charge is -2.36. The summed E-state index contributed by atoms with van der Waals surface area (Å²) in [7, 11) is 0. The maximum atomic E-state index is 13.4. The number of anilines is 1. The lowest BCUT2D eigenvalue weighted by molar-refractivity contribution is 0.0746. The van der Waals surface area contributed by atoms with E-state index in [0.29, 0.717) is 50.7 Å². The molecule has 0 aliphatic carbocycles. The van der Waals surface area contributed by atoms with Gasteiger partial charge in [0.2, 0.25) is 5.71 Å². The van der Waals surface area contributed by atoms with E-state index in [-0.39, 0.29) is 28.5 Å². The molecule has 8 heteroatoms. The highest BCUT2D eigenvalue weighted by molar-refractivity contribution is 6.06. The van der Waals surface area contributed by atoms with Gasteiger partial charge in [-0.1, -0.05) is 26.0 Å². The minimum atomic E-state index is -0.229. The Morgan fingerprint density at radius 2 is 1.91 bits per heavy atom. The Balaban J connectivity index is 1.57. The summed E-state index contributed by atoms with van der Waals surface area (Å²) in [6.45, 7) is 11.4. The molecule has 4 rings (SSSR count). The van der Waals surface area contributed by atoms with Crippen LogP contribution < -0.4 is 15.2 Å². The first-order valence-electron chi connectivity index (χ1n) is 11.1. The summed E-state index contributed by atoms with van der Waals surface area (Å²) in [5.41, 5.74) is 1.36. The number of carbonyl (C=O) groups is 1. The normalized spacial score (nSPS) is 14.4. The fourth-order valence-corrected chi connectivity index (χ4v) is 4.22. The molecule has 1 saturated heterocycles. The van der Waals surface area contributed by atoms with E-state index in [2.05, 4.69) is 9.88 Å². The Kier molecular flexibility index (Phi) is 6.21. The number of hydrogen-bond acceptors (Lipinski definition) is 6. The molecule has 0 N–H and O–H groups in total. The van der Waals surface area contributed by atoms with E-state index in [4.69, 9.17) is 9.15 Å². The van der Waals surface area contributed by atoms with Gasteiger partial charge < -0.3 is 19.0 Å². The predicted octanol–water partition coefficient (Wildman–Crippen LogP) is 3.32. The van der Waals surface area contributed by atoms with Crippen LogP contribution in [0.2, 0.25) is 0 Å². The molecule has 0 atom stereocenters. The van der Waals surface area contributed by atoms with E-state index in [1.165, 1.54) is 6.33 Å². The summed E-state index contributed by atoms with van der Waals surface area (Å²) >= 11 is 0. The zero-order valence-corrected chi connectivity index (χ0v) is 19.1. The lowest BCUT2D eigenvalue weighted by Crippen LogP contribution is -2.49. The van der Waals surface area contributed by atoms with E-state index in [1.54, 1.807) is 16.4 Å². The highest BCUT2D eigenvalue weighted by Gasteiger charge is 2.29. The van der Waals surface area contributed by atoms with Gasteiger partial charge in [-0.2, -0.15) is 0 Å². The molecule has 0 spiro atoms. The Hall–Kier alpha value is -3.29. The van der Waals surface area contributed by atoms with Crippen LogP contribution in [0.25, 0.3) is 11.1 Å². The van der Waals surface area contributed by atoms with Crippen molar-refractivity contribution in [2.45, 2.75) is 34.2 Å². The van der Waals surface area contributed by atoms with Crippen LogP contribution in [-0.4, -0.2) is 53.1 Å². The fraction of sp³-hybridized carbons (Fsp3) is 0.458. The van der Waals surface area contributed by atoms with Crippen LogP contribution in [0, 0.1) is 12.8 Å². The number of fused-ring (bicyclic) bond motifs is 1. The molecule has 1 aromatic carbocycles. The summed E-state index contributed by atoms with van der Waals surface area (Å²) in [5.74, 6) is 1.39. The first-order valence-corrected chi connectivity index (χ1v) is 11.1. The van der Waals surface area contributed by atoms with Gasteiger partial charge in [0.15, 0.2) is 0 Å². The van der Waals surface area contributed by atoms with Gasteiger partial charge in [0.05, 0.1) is 17.9 Å². The van der Waals surface area contributed by atoms with Crippen molar-refractivity contribution in [1.29, 1.82) is 0 Å². The molecular formula is C24H30N4O4. The van der Waals surface area contributed by atoms with Crippen molar-refractivity contribution in [3.8, 4) is 5.75 Å². The third kappa shape index (κ3) is 4.09. The number of hydrogen-bond donors (Lipinski definition) is 0. The molecule has 1 amide bonds. The monoisotopic (exact) mass is 438 g/mol. The maximum absolute atomic E-state index is 13.4. The summed E-state index contributed by atoms with van der Waals surface area (Å²) in [6.07, 6.45) is 1.50. The van der Waals surface area contributed by atoms with Gasteiger partial charge in [-0.25, -0.2) is 4.98 Å². The smallest absolute Gasteiger partial charge is 0.265 e. The average Bonchev–Trinajstić information content (AvgIpc) is 3.12. The first kappa shape index (κ1) is 21.9. The van der Waals surface area contributed by atoms with Crippen LogP contribution in [0.15, 0.2) is 39.8 Å². The molecule has 32 heavy (non-hydrogen) atoms. The van der Waals surface area contributed by atoms with E-state index >= 15 is 0 Å². The second-order valence-electron chi connectivity index (χ2n) is 8.49. The number of carbonyl (C=O) groups excluding carboxylic acids is 1. The number of aromatic nitrogens is 2. The largest absolute Gasteiger partial charge is 0.492 e. The van der Waals surface area contributed by atoms with Gasteiger partial charge in [-0.05, 0) is 31.9 Å². The van der Waals surface area contributed by atoms with Crippen molar-refractivity contribution in [3.63, 3.8) is 0 Å². The van der Waals surface area contributed by atoms with Crippen molar-refractivity contribution < 1.29 is 13.9 Å². The third-order valence-electron chi connectivity index (χ3n) is 5.70. The van der Waals surface area contributed by atoms with Gasteiger partial charge in [-0.15, -0.1) is 0 Å². The summed E-state index contributed by atoms with van der Waals surface area (Å²) < 4.78 is 13.0. The maximum Gasteiger partial charge on any atom is 0.265 e. The van der Waals surface area contributed by atoms with Crippen LogP contribution in [0.3, 0.4) is 0 Å². The number of para-hydroxylation sites is 2. The minimum Gasteiger partial charge on any atom is -0.492 e. The molecular weight excluding hydrogens is 408 g/mol. The quantitative estimate of drug-likeness (QED) is 0.587. The van der Waals surface area contributed by atoms with Crippen LogP contribution in [0.1, 0.15) is 36.9 Å². The lowest BCUT2D eigenvalue weighted by atomic mass is 10.1. The SMILES string of the molecule is CCOc1ccccc1N1CCN(C(=O)c2c(C)oc3ncn(CC(C)C)c(=O)c23)CC1. The topological polar surface area (TPSA) is 80.8 Å². The van der Waals surface area contributed by atoms with Crippen molar-refractivity contribution >= 4 is 22.7 Å². The van der Waals surface area contributed by atoms with E-state index in [1.807, 2.05) is 45.0 Å². The standard InChI is InChI=1S/C24H30N4O4/c1-5-31-19-9-7-6-8-18(19)26-10-12-27(13-11-26)23(29)20-17(4)32-22-21(20)24(30)28(15-25-22)14-16(2)3/h6-9,15-16H,5,10-14H2,1-4H3. The van der Waals surface area contributed by atoms with Crippen LogP contribution in [0.5, 0.6) is 5.75 Å². The molecule has 0 unspecified atom stereocenters. The summed E-state index contributed by atoms with van der Waals surface area (Å²) in [6, 6.07) is 7.96. The molecule has 0 saturated carbocycles. The molecule has 0 bridgehead atoms. The zero-order valence-electron chi connectivity index (χ0n) is 19.1. The Morgan fingerprint density at radius 1 is 1.19 bits per heavy atom. The van der Waals surface area contributed by atoms with Crippen molar-refractivity contribution in [1.82, 2.24) is 14.5 Å². The molecule has 0 radical (unpaired) electrons. The number of rotatable bonds is 6. The number of furan rings is 1. The van der Waals surface area contributed by atoms with Crippen LogP contribution in [-0.2, 0) is 6.54 Å². The molecule has 3 heterocycles. The highest BCUT2D eigenvalue weighted by atomic mass is 16.5. The third-order valence-corrected chi connectivity index (χ3v) is 5.70. The number of aryl methyl sites for hydroxylation is 1. The van der Waals surface area contributed by atoms with E-state index in [0.717, 1.165) is 11.4 Å². The van der Waals surface area contributed by atoms with Gasteiger partial charge in [-0.3, -0.25) is 14.2 Å². The van der Waals surface area contributed by atoms with Crippen molar-refractivity contribution in [3.05, 3.63) is 52.3 Å². The minimum absolute atomic E-state index is 0.180. The zero-order chi connectivity index (χ0) is 22.8. The van der Waals surface area contributed by atoms with E-state index < -0.39 is 0 Å². The second kappa shape index (κ2) is 9.06. The summed E-state index contributed by atoms with van der Waals surface area (Å²) in [4.78, 5) is 34.8. The Labute approximate surface area is 187 Å². The first-order chi connectivity index (χ1) is 15.4. The fourth-order valence-electron chi connectivity index (χ4n) is 4.22. The van der Waals surface area contributed by atoms with Crippen molar-refractivity contribution in [2.24, 2.45) is 5.92 Å². The molecule has 170 valence electrons. The highest BCUT2D eigenvalue weighted by Crippen LogP contribution is 2.29. The number of benzene rings is 1. The summed E-state index contributed by atoms with van der Waals surface area (Å²) in [5, 5.41) is 0.278.